The van der Waals surface area contributed by atoms with Crippen molar-refractivity contribution in [3.63, 3.8) is 0 Å². The highest BCUT2D eigenvalue weighted by Crippen LogP contribution is 2.38. The summed E-state index contributed by atoms with van der Waals surface area (Å²) in [6.07, 6.45) is 1.81. The van der Waals surface area contributed by atoms with Crippen molar-refractivity contribution in [2.45, 2.75) is 25.6 Å². The predicted octanol–water partition coefficient (Wildman–Crippen LogP) is 4.09. The van der Waals surface area contributed by atoms with E-state index in [9.17, 15) is 28.7 Å². The highest BCUT2D eigenvalue weighted by Gasteiger charge is 2.39. The molecule has 0 aliphatic carbocycles. The number of phenols is 1. The van der Waals surface area contributed by atoms with E-state index in [0.717, 1.165) is 67.4 Å². The van der Waals surface area contributed by atoms with Gasteiger partial charge >= 0.3 is 6.03 Å². The minimum absolute atomic E-state index is 0.00956. The Morgan fingerprint density at radius 1 is 0.979 bits per heavy atom. The first-order valence-corrected chi connectivity index (χ1v) is 16.4. The highest BCUT2D eigenvalue weighted by molar-refractivity contribution is 7.13. The lowest BCUT2D eigenvalue weighted by molar-refractivity contribution is -0.121. The van der Waals surface area contributed by atoms with Crippen LogP contribution in [-0.2, 0) is 22.7 Å². The lowest BCUT2D eigenvalue weighted by Crippen LogP contribution is -2.49. The Labute approximate surface area is 279 Å². The summed E-state index contributed by atoms with van der Waals surface area (Å²) in [5, 5.41) is 17.7. The van der Waals surface area contributed by atoms with E-state index in [1.807, 2.05) is 42.5 Å². The number of carbonyl (C=O) groups is 4. The quantitative estimate of drug-likeness (QED) is 0.255. The molecule has 3 aliphatic rings. The van der Waals surface area contributed by atoms with Gasteiger partial charge in [-0.25, -0.2) is 14.2 Å². The molecule has 246 valence electrons. The average molecular weight is 670 g/mol. The van der Waals surface area contributed by atoms with Crippen molar-refractivity contribution in [3.8, 4) is 5.75 Å². The first-order valence-electron chi connectivity index (χ1n) is 15.5. The van der Waals surface area contributed by atoms with Gasteiger partial charge < -0.3 is 14.9 Å². The minimum Gasteiger partial charge on any atom is -0.508 e. The molecule has 0 spiro atoms. The smallest absolute Gasteiger partial charge is 0.328 e. The number of carbonyl (C=O) groups excluding carboxylic acids is 4. The van der Waals surface area contributed by atoms with Crippen LogP contribution in [0.15, 0.2) is 72.2 Å². The molecule has 2 saturated heterocycles. The van der Waals surface area contributed by atoms with E-state index < -0.39 is 23.8 Å². The number of imide groups is 1. The lowest BCUT2D eigenvalue weighted by atomic mass is 10.0. The van der Waals surface area contributed by atoms with Crippen LogP contribution in [0.25, 0.3) is 0 Å². The van der Waals surface area contributed by atoms with Gasteiger partial charge in [-0.2, -0.15) is 0 Å². The summed E-state index contributed by atoms with van der Waals surface area (Å²) < 4.78 is 14.3. The first kappa shape index (κ1) is 31.3. The lowest BCUT2D eigenvalue weighted by Gasteiger charge is -2.36. The van der Waals surface area contributed by atoms with E-state index in [-0.39, 0.29) is 36.1 Å². The van der Waals surface area contributed by atoms with Crippen molar-refractivity contribution in [1.29, 1.82) is 0 Å². The van der Waals surface area contributed by atoms with Crippen molar-refractivity contribution in [2.24, 2.45) is 0 Å². The second kappa shape index (κ2) is 13.0. The number of piperazine rings is 1. The van der Waals surface area contributed by atoms with Gasteiger partial charge in [-0.3, -0.25) is 34.8 Å². The number of rotatable bonds is 8. The number of phenolic OH excluding ortho intramolecular Hbond substituents is 1. The van der Waals surface area contributed by atoms with Crippen molar-refractivity contribution in [1.82, 2.24) is 20.1 Å². The zero-order valence-electron chi connectivity index (χ0n) is 25.8. The largest absolute Gasteiger partial charge is 0.508 e. The van der Waals surface area contributed by atoms with Gasteiger partial charge in [0.15, 0.2) is 5.13 Å². The number of aromatic nitrogens is 1. The van der Waals surface area contributed by atoms with Crippen molar-refractivity contribution >= 4 is 51.6 Å². The summed E-state index contributed by atoms with van der Waals surface area (Å²) in [6, 6.07) is 15.1. The van der Waals surface area contributed by atoms with Crippen molar-refractivity contribution < 1.29 is 28.7 Å². The maximum absolute atomic E-state index is 14.3. The van der Waals surface area contributed by atoms with Crippen LogP contribution in [-0.4, -0.2) is 76.4 Å². The standard InChI is InChI=1S/C34H32FN7O5S/c35-23-4-8-28(43)27(17-23)30(31(45)38-33-36-10-16-48-33)42-20-22-3-7-25(18-26(22)32(42)46)40-14-12-39(13-15-40)19-21-1-5-24(6-2-21)41-11-9-29(44)37-34(41)47/h1-8,10,16-18,30,43H,9,11-15,19-20H2,(H,36,38,45)(H,37,44,47). The molecule has 0 bridgehead atoms. The predicted molar refractivity (Wildman–Crippen MR) is 177 cm³/mol. The number of amides is 5. The van der Waals surface area contributed by atoms with E-state index >= 15 is 0 Å². The number of halogens is 1. The number of aromatic hydroxyl groups is 1. The van der Waals surface area contributed by atoms with Gasteiger partial charge in [0.05, 0.1) is 0 Å². The molecular weight excluding hydrogens is 637 g/mol. The molecule has 0 saturated carbocycles. The Balaban J connectivity index is 1.01. The van der Waals surface area contributed by atoms with E-state index in [0.29, 0.717) is 17.2 Å². The second-order valence-corrected chi connectivity index (χ2v) is 12.8. The fourth-order valence-corrected chi connectivity index (χ4v) is 6.92. The second-order valence-electron chi connectivity index (χ2n) is 11.9. The SMILES string of the molecule is O=C1CCN(c2ccc(CN3CCN(c4ccc5c(c4)C(=O)N(C(C(=O)Nc4nccs4)c4cc(F)ccc4O)C5)CC3)cc2)C(=O)N1. The number of hydrogen-bond donors (Lipinski definition) is 3. The van der Waals surface area contributed by atoms with Gasteiger partial charge in [0.2, 0.25) is 5.91 Å². The maximum atomic E-state index is 14.3. The molecule has 4 aromatic rings. The molecule has 4 heterocycles. The third-order valence-electron chi connectivity index (χ3n) is 8.88. The summed E-state index contributed by atoms with van der Waals surface area (Å²) >= 11 is 1.21. The third-order valence-corrected chi connectivity index (χ3v) is 9.57. The van der Waals surface area contributed by atoms with E-state index in [2.05, 4.69) is 25.4 Å². The number of anilines is 3. The van der Waals surface area contributed by atoms with E-state index in [1.165, 1.54) is 28.5 Å². The molecule has 2 fully saturated rings. The summed E-state index contributed by atoms with van der Waals surface area (Å²) in [6.45, 7) is 4.31. The summed E-state index contributed by atoms with van der Waals surface area (Å²) in [5.41, 5.74) is 3.94. The molecule has 1 aromatic heterocycles. The van der Waals surface area contributed by atoms with Gasteiger partial charge in [0.1, 0.15) is 17.6 Å². The Morgan fingerprint density at radius 3 is 2.48 bits per heavy atom. The third kappa shape index (κ3) is 6.31. The van der Waals surface area contributed by atoms with Crippen molar-refractivity contribution in [3.05, 3.63) is 100 Å². The number of hydrogen-bond acceptors (Lipinski definition) is 9. The highest BCUT2D eigenvalue weighted by atomic mass is 32.1. The summed E-state index contributed by atoms with van der Waals surface area (Å²) in [4.78, 5) is 62.6. The zero-order chi connectivity index (χ0) is 33.4. The average Bonchev–Trinajstić information content (AvgIpc) is 3.71. The topological polar surface area (TPSA) is 138 Å². The van der Waals surface area contributed by atoms with Crippen LogP contribution in [0.1, 0.15) is 39.5 Å². The number of fused-ring (bicyclic) bond motifs is 1. The Hall–Kier alpha value is -5.34. The fraction of sp³-hybridized carbons (Fsp3) is 0.265. The van der Waals surface area contributed by atoms with Crippen molar-refractivity contribution in [2.75, 3.05) is 47.8 Å². The van der Waals surface area contributed by atoms with Gasteiger partial charge in [0, 0.05) is 86.3 Å². The summed E-state index contributed by atoms with van der Waals surface area (Å²) in [5.74, 6) is -2.18. The molecule has 12 nitrogen and oxygen atoms in total. The first-order chi connectivity index (χ1) is 23.2. The summed E-state index contributed by atoms with van der Waals surface area (Å²) in [7, 11) is 0. The van der Waals surface area contributed by atoms with Gasteiger partial charge in [-0.05, 0) is 53.6 Å². The molecule has 3 aromatic carbocycles. The zero-order valence-corrected chi connectivity index (χ0v) is 26.6. The normalized spacial score (nSPS) is 17.4. The van der Waals surface area contributed by atoms with Gasteiger partial charge in [-0.1, -0.05) is 18.2 Å². The van der Waals surface area contributed by atoms with Crippen LogP contribution < -0.4 is 20.4 Å². The Kier molecular flexibility index (Phi) is 8.50. The molecular formula is C34H32FN7O5S. The number of thiazole rings is 1. The Bertz CT molecular complexity index is 1880. The number of urea groups is 1. The molecule has 5 amide bonds. The molecule has 48 heavy (non-hydrogen) atoms. The Morgan fingerprint density at radius 2 is 1.75 bits per heavy atom. The maximum Gasteiger partial charge on any atom is 0.328 e. The fourth-order valence-electron chi connectivity index (χ4n) is 6.38. The number of benzene rings is 3. The molecule has 3 N–H and O–H groups in total. The van der Waals surface area contributed by atoms with Crippen LogP contribution in [0.5, 0.6) is 5.75 Å². The van der Waals surface area contributed by atoms with Crippen LogP contribution in [0.4, 0.5) is 25.7 Å². The minimum atomic E-state index is -1.29. The monoisotopic (exact) mass is 669 g/mol. The molecule has 3 aliphatic heterocycles. The van der Waals surface area contributed by atoms with Crippen LogP contribution in [0.3, 0.4) is 0 Å². The van der Waals surface area contributed by atoms with Crippen LogP contribution >= 0.6 is 11.3 Å². The molecule has 14 heteroatoms. The van der Waals surface area contributed by atoms with Gasteiger partial charge in [0.25, 0.3) is 11.8 Å². The number of nitrogens with one attached hydrogen (secondary N) is 2. The van der Waals surface area contributed by atoms with E-state index in [1.54, 1.807) is 10.3 Å². The van der Waals surface area contributed by atoms with Crippen LogP contribution in [0, 0.1) is 5.82 Å². The van der Waals surface area contributed by atoms with Crippen LogP contribution in [0.2, 0.25) is 0 Å². The van der Waals surface area contributed by atoms with Gasteiger partial charge in [-0.15, -0.1) is 11.3 Å². The molecule has 1 atom stereocenters. The molecule has 0 radical (unpaired) electrons. The molecule has 7 rings (SSSR count). The number of nitrogens with zero attached hydrogens (tertiary/aromatic N) is 5. The van der Waals surface area contributed by atoms with E-state index in [4.69, 9.17) is 0 Å². The molecule has 1 unspecified atom stereocenters.